The zero-order chi connectivity index (χ0) is 24.7. The maximum atomic E-state index is 13.0. The third kappa shape index (κ3) is 3.87. The molecule has 0 aliphatic heterocycles. The van der Waals surface area contributed by atoms with Crippen molar-refractivity contribution in [2.45, 2.75) is 9.10 Å². The average Bonchev–Trinajstić information content (AvgIpc) is 3.48. The highest BCUT2D eigenvalue weighted by Crippen LogP contribution is 2.38. The summed E-state index contributed by atoms with van der Waals surface area (Å²) in [5, 5.41) is 15.6. The molecule has 2 aromatic carbocycles. The van der Waals surface area contributed by atoms with Crippen LogP contribution in [0.4, 0.5) is 16.6 Å². The highest BCUT2D eigenvalue weighted by molar-refractivity contribution is 7.93. The Bertz CT molecular complexity index is 1700. The maximum absolute atomic E-state index is 13.0. The molecule has 3 heterocycles. The van der Waals surface area contributed by atoms with Crippen LogP contribution in [0.5, 0.6) is 11.5 Å². The molecular weight excluding hydrogens is 496 g/mol. The topological polar surface area (TPSA) is 162 Å². The van der Waals surface area contributed by atoms with Gasteiger partial charge in [-0.15, -0.1) is 0 Å². The number of sulfone groups is 1. The van der Waals surface area contributed by atoms with Crippen LogP contribution in [0.1, 0.15) is 0 Å². The number of nitro benzene ring substituents is 1. The zero-order valence-electron chi connectivity index (χ0n) is 18.2. The minimum Gasteiger partial charge on any atom is -0.493 e. The first-order valence-corrected chi connectivity index (χ1v) is 12.2. The van der Waals surface area contributed by atoms with Crippen molar-refractivity contribution in [3.05, 3.63) is 59.0 Å². The van der Waals surface area contributed by atoms with E-state index in [2.05, 4.69) is 25.3 Å². The predicted molar refractivity (Wildman–Crippen MR) is 128 cm³/mol. The zero-order valence-corrected chi connectivity index (χ0v) is 19.8. The minimum atomic E-state index is -3.91. The van der Waals surface area contributed by atoms with Crippen LogP contribution >= 0.6 is 11.3 Å². The lowest BCUT2D eigenvalue weighted by molar-refractivity contribution is -0.384. The molecule has 5 aromatic rings. The Morgan fingerprint density at radius 2 is 1.77 bits per heavy atom. The first-order valence-electron chi connectivity index (χ1n) is 9.92. The molecule has 0 radical (unpaired) electrons. The molecule has 0 atom stereocenters. The highest BCUT2D eigenvalue weighted by Gasteiger charge is 2.23. The number of fused-ring (bicyclic) bond motifs is 3. The number of rotatable bonds is 7. The Morgan fingerprint density at radius 3 is 2.46 bits per heavy atom. The number of H-pyrrole nitrogens is 1. The van der Waals surface area contributed by atoms with Crippen LogP contribution in [0.25, 0.3) is 21.9 Å². The van der Waals surface area contributed by atoms with Gasteiger partial charge in [0, 0.05) is 23.6 Å². The van der Waals surface area contributed by atoms with Gasteiger partial charge in [-0.05, 0) is 18.2 Å². The van der Waals surface area contributed by atoms with E-state index in [9.17, 15) is 18.5 Å². The average molecular weight is 513 g/mol. The summed E-state index contributed by atoms with van der Waals surface area (Å²) in [5.41, 5.74) is 1.11. The Balaban J connectivity index is 1.52. The number of non-ortho nitro benzene ring substituents is 1. The number of ether oxygens (including phenoxy) is 2. The van der Waals surface area contributed by atoms with E-state index < -0.39 is 14.8 Å². The van der Waals surface area contributed by atoms with Crippen molar-refractivity contribution in [3.63, 3.8) is 0 Å². The lowest BCUT2D eigenvalue weighted by atomic mass is 10.2. The number of thiazole rings is 1. The molecular formula is C21H16N6O6S2. The number of aromatic amines is 1. The molecule has 2 N–H and O–H groups in total. The van der Waals surface area contributed by atoms with E-state index >= 15 is 0 Å². The predicted octanol–water partition coefficient (Wildman–Crippen LogP) is 4.07. The van der Waals surface area contributed by atoms with Crippen molar-refractivity contribution < 1.29 is 22.8 Å². The number of anilines is 2. The van der Waals surface area contributed by atoms with Gasteiger partial charge in [0.1, 0.15) is 22.0 Å². The molecule has 0 unspecified atom stereocenters. The Labute approximate surface area is 201 Å². The second-order valence-electron chi connectivity index (χ2n) is 7.19. The third-order valence-electron chi connectivity index (χ3n) is 5.23. The van der Waals surface area contributed by atoms with Crippen LogP contribution in [0.3, 0.4) is 0 Å². The van der Waals surface area contributed by atoms with E-state index in [1.165, 1.54) is 31.8 Å². The summed E-state index contributed by atoms with van der Waals surface area (Å²) < 4.78 is 36.7. The van der Waals surface area contributed by atoms with Gasteiger partial charge in [0.15, 0.2) is 16.6 Å². The summed E-state index contributed by atoms with van der Waals surface area (Å²) in [6, 6.07) is 8.27. The van der Waals surface area contributed by atoms with Gasteiger partial charge in [0.05, 0.1) is 41.1 Å². The van der Waals surface area contributed by atoms with E-state index in [1.807, 2.05) is 0 Å². The molecule has 12 nitrogen and oxygen atoms in total. The summed E-state index contributed by atoms with van der Waals surface area (Å²) in [5.74, 6) is 1.50. The number of methoxy groups -OCH3 is 2. The smallest absolute Gasteiger partial charge is 0.269 e. The summed E-state index contributed by atoms with van der Waals surface area (Å²) in [6.45, 7) is 0. The van der Waals surface area contributed by atoms with Gasteiger partial charge in [-0.2, -0.15) is 0 Å². The van der Waals surface area contributed by atoms with Gasteiger partial charge < -0.3 is 19.8 Å². The van der Waals surface area contributed by atoms with Gasteiger partial charge in [0.2, 0.25) is 9.84 Å². The molecule has 0 bridgehead atoms. The van der Waals surface area contributed by atoms with Gasteiger partial charge in [-0.3, -0.25) is 10.1 Å². The molecule has 178 valence electrons. The van der Waals surface area contributed by atoms with E-state index in [0.717, 1.165) is 34.4 Å². The SMILES string of the molecule is COc1cc2[nH]c3ncnc(Nc4ncc(S(=O)(=O)c5ccc([N+](=O)[O-])cc5)s4)c3c2cc1OC. The van der Waals surface area contributed by atoms with Gasteiger partial charge >= 0.3 is 0 Å². The number of nitrogens with zero attached hydrogens (tertiary/aromatic N) is 4. The Hall–Kier alpha value is -4.30. The quantitative estimate of drug-likeness (QED) is 0.240. The van der Waals surface area contributed by atoms with Crippen LogP contribution in [0.2, 0.25) is 0 Å². The molecule has 0 saturated carbocycles. The summed E-state index contributed by atoms with van der Waals surface area (Å²) >= 11 is 0.911. The first-order chi connectivity index (χ1) is 16.8. The van der Waals surface area contributed by atoms with Crippen molar-refractivity contribution in [2.75, 3.05) is 19.5 Å². The fourth-order valence-corrected chi connectivity index (χ4v) is 5.98. The Morgan fingerprint density at radius 1 is 1.06 bits per heavy atom. The van der Waals surface area contributed by atoms with E-state index in [4.69, 9.17) is 9.47 Å². The number of hydrogen-bond acceptors (Lipinski definition) is 11. The van der Waals surface area contributed by atoms with Crippen molar-refractivity contribution in [3.8, 4) is 11.5 Å². The molecule has 0 spiro atoms. The number of nitro groups is 1. The van der Waals surface area contributed by atoms with Gasteiger partial charge in [0.25, 0.3) is 5.69 Å². The second-order valence-corrected chi connectivity index (χ2v) is 10.4. The molecule has 0 aliphatic rings. The summed E-state index contributed by atoms with van der Waals surface area (Å²) in [6.07, 6.45) is 2.60. The van der Waals surface area contributed by atoms with Gasteiger partial charge in [-0.1, -0.05) is 11.3 Å². The van der Waals surface area contributed by atoms with Gasteiger partial charge in [-0.25, -0.2) is 23.4 Å². The fourth-order valence-electron chi connectivity index (χ4n) is 3.55. The van der Waals surface area contributed by atoms with E-state index in [0.29, 0.717) is 33.5 Å². The molecule has 3 aromatic heterocycles. The standard InChI is InChI=1S/C21H16N6O6S2/c1-32-15-7-13-14(8-16(15)33-2)25-19-18(13)20(24-10-23-19)26-21-22-9-17(34-21)35(30,31)12-5-3-11(4-6-12)27(28)29/h3-10H,1-2H3,(H2,22,23,24,25,26). The Kier molecular flexibility index (Phi) is 5.45. The normalized spacial score (nSPS) is 11.6. The monoisotopic (exact) mass is 512 g/mol. The summed E-state index contributed by atoms with van der Waals surface area (Å²) in [4.78, 5) is 26.2. The first kappa shape index (κ1) is 22.5. The van der Waals surface area contributed by atoms with Crippen molar-refractivity contribution >= 4 is 59.7 Å². The van der Waals surface area contributed by atoms with E-state index in [1.54, 1.807) is 19.2 Å². The molecule has 0 saturated heterocycles. The minimum absolute atomic E-state index is 0.0236. The summed E-state index contributed by atoms with van der Waals surface area (Å²) in [7, 11) is -0.828. The van der Waals surface area contributed by atoms with Crippen molar-refractivity contribution in [2.24, 2.45) is 0 Å². The third-order valence-corrected chi connectivity index (χ3v) is 8.37. The van der Waals surface area contributed by atoms with Crippen LogP contribution in [0.15, 0.2) is 58.0 Å². The van der Waals surface area contributed by atoms with Crippen molar-refractivity contribution in [1.29, 1.82) is 0 Å². The fraction of sp³-hybridized carbons (Fsp3) is 0.0952. The molecule has 0 aliphatic carbocycles. The molecule has 0 fully saturated rings. The molecule has 5 rings (SSSR count). The van der Waals surface area contributed by atoms with Crippen LogP contribution in [-0.2, 0) is 9.84 Å². The number of hydrogen-bond donors (Lipinski definition) is 2. The number of nitrogens with one attached hydrogen (secondary N) is 2. The van der Waals surface area contributed by atoms with Crippen molar-refractivity contribution in [1.82, 2.24) is 19.9 Å². The van der Waals surface area contributed by atoms with E-state index in [-0.39, 0.29) is 14.8 Å². The van der Waals surface area contributed by atoms with Crippen LogP contribution in [-0.4, -0.2) is 47.5 Å². The number of benzene rings is 2. The highest BCUT2D eigenvalue weighted by atomic mass is 32.2. The maximum Gasteiger partial charge on any atom is 0.269 e. The largest absolute Gasteiger partial charge is 0.493 e. The molecule has 35 heavy (non-hydrogen) atoms. The lowest BCUT2D eigenvalue weighted by Gasteiger charge is -2.07. The molecule has 14 heteroatoms. The number of aromatic nitrogens is 4. The lowest BCUT2D eigenvalue weighted by Crippen LogP contribution is -1.99. The van der Waals surface area contributed by atoms with Crippen LogP contribution in [0, 0.1) is 10.1 Å². The second kappa shape index (κ2) is 8.48. The molecule has 0 amide bonds. The van der Waals surface area contributed by atoms with Crippen LogP contribution < -0.4 is 14.8 Å².